The highest BCUT2D eigenvalue weighted by Crippen LogP contribution is 2.46. The van der Waals surface area contributed by atoms with Crippen molar-refractivity contribution in [1.82, 2.24) is 5.32 Å². The van der Waals surface area contributed by atoms with Gasteiger partial charge in [0, 0.05) is 46.5 Å². The van der Waals surface area contributed by atoms with Crippen molar-refractivity contribution >= 4 is 29.0 Å². The smallest absolute Gasteiger partial charge is 0.336 e. The number of hydrogen-bond acceptors (Lipinski definition) is 6. The molecule has 7 nitrogen and oxygen atoms in total. The number of non-ortho nitro benzene ring substituents is 1. The first-order chi connectivity index (χ1) is 15.3. The average Bonchev–Trinajstić information content (AvgIpc) is 2.78. The summed E-state index contributed by atoms with van der Waals surface area (Å²) in [6.45, 7) is 1.75. The molecular formula is C24H21ClN2O5. The lowest BCUT2D eigenvalue weighted by atomic mass is 9.71. The SMILES string of the molecule is COC(=O)C1=C(C)NC2=C(C(=O)C[C@@H](c3ccc(Cl)cc3)C2)[C@H]1c1cccc([N+](=O)[O-])c1. The van der Waals surface area contributed by atoms with Gasteiger partial charge in [0.05, 0.1) is 17.6 Å². The number of carbonyl (C=O) groups is 2. The first-order valence-electron chi connectivity index (χ1n) is 10.1. The summed E-state index contributed by atoms with van der Waals surface area (Å²) in [6.07, 6.45) is 0.834. The lowest BCUT2D eigenvalue weighted by molar-refractivity contribution is -0.384. The number of esters is 1. The number of halogens is 1. The lowest BCUT2D eigenvalue weighted by Crippen LogP contribution is -2.36. The third-order valence-electron chi connectivity index (χ3n) is 5.99. The van der Waals surface area contributed by atoms with Crippen LogP contribution in [-0.2, 0) is 14.3 Å². The topological polar surface area (TPSA) is 98.5 Å². The van der Waals surface area contributed by atoms with Gasteiger partial charge in [0.15, 0.2) is 5.78 Å². The van der Waals surface area contributed by atoms with Crippen LogP contribution in [0, 0.1) is 10.1 Å². The molecule has 1 N–H and O–H groups in total. The van der Waals surface area contributed by atoms with E-state index in [1.807, 2.05) is 12.1 Å². The maximum atomic E-state index is 13.4. The van der Waals surface area contributed by atoms with E-state index < -0.39 is 16.8 Å². The fourth-order valence-electron chi connectivity index (χ4n) is 4.54. The van der Waals surface area contributed by atoms with Gasteiger partial charge in [-0.05, 0) is 42.5 Å². The van der Waals surface area contributed by atoms with Gasteiger partial charge in [-0.3, -0.25) is 14.9 Å². The molecule has 1 heterocycles. The highest BCUT2D eigenvalue weighted by atomic mass is 35.5. The number of nitro groups is 1. The number of rotatable bonds is 4. The molecule has 1 aliphatic carbocycles. The predicted molar refractivity (Wildman–Crippen MR) is 119 cm³/mol. The Bertz CT molecular complexity index is 1180. The van der Waals surface area contributed by atoms with E-state index in [-0.39, 0.29) is 29.4 Å². The zero-order chi connectivity index (χ0) is 23.0. The Morgan fingerprint density at radius 3 is 2.53 bits per heavy atom. The van der Waals surface area contributed by atoms with Crippen LogP contribution in [0.3, 0.4) is 0 Å². The molecular weight excluding hydrogens is 432 g/mol. The summed E-state index contributed by atoms with van der Waals surface area (Å²) < 4.78 is 4.99. The highest BCUT2D eigenvalue weighted by Gasteiger charge is 2.41. The Labute approximate surface area is 189 Å². The second-order valence-electron chi connectivity index (χ2n) is 7.91. The summed E-state index contributed by atoms with van der Waals surface area (Å²) in [6, 6.07) is 13.5. The van der Waals surface area contributed by atoms with Gasteiger partial charge in [-0.25, -0.2) is 4.79 Å². The number of nitro benzene ring substituents is 1. The lowest BCUT2D eigenvalue weighted by Gasteiger charge is -2.36. The van der Waals surface area contributed by atoms with Crippen LogP contribution < -0.4 is 5.32 Å². The van der Waals surface area contributed by atoms with E-state index in [0.29, 0.717) is 28.3 Å². The van der Waals surface area contributed by atoms with Crippen LogP contribution in [0.15, 0.2) is 71.1 Å². The van der Waals surface area contributed by atoms with Crippen molar-refractivity contribution < 1.29 is 19.2 Å². The van der Waals surface area contributed by atoms with Gasteiger partial charge in [-0.1, -0.05) is 35.9 Å². The van der Waals surface area contributed by atoms with Crippen LogP contribution in [0.2, 0.25) is 5.02 Å². The predicted octanol–water partition coefficient (Wildman–Crippen LogP) is 4.78. The van der Waals surface area contributed by atoms with Crippen molar-refractivity contribution in [2.45, 2.75) is 31.6 Å². The number of ketones is 1. The molecule has 0 fully saturated rings. The minimum atomic E-state index is -0.739. The summed E-state index contributed by atoms with van der Waals surface area (Å²) in [4.78, 5) is 36.9. The molecule has 8 heteroatoms. The molecule has 0 saturated heterocycles. The summed E-state index contributed by atoms with van der Waals surface area (Å²) in [5.74, 6) is -1.46. The highest BCUT2D eigenvalue weighted by molar-refractivity contribution is 6.30. The van der Waals surface area contributed by atoms with Crippen molar-refractivity contribution in [3.05, 3.63) is 97.3 Å². The number of benzene rings is 2. The maximum absolute atomic E-state index is 13.4. The quantitative estimate of drug-likeness (QED) is 0.407. The Balaban J connectivity index is 1.82. The van der Waals surface area contributed by atoms with Crippen LogP contribution in [0.25, 0.3) is 0 Å². The maximum Gasteiger partial charge on any atom is 0.336 e. The number of methoxy groups -OCH3 is 1. The van der Waals surface area contributed by atoms with E-state index in [2.05, 4.69) is 5.32 Å². The molecule has 1 aliphatic heterocycles. The molecule has 2 aromatic carbocycles. The number of Topliss-reactive ketones (excluding diaryl/α,β-unsaturated/α-hetero) is 1. The van der Waals surface area contributed by atoms with E-state index in [0.717, 1.165) is 11.3 Å². The van der Waals surface area contributed by atoms with Gasteiger partial charge in [-0.15, -0.1) is 0 Å². The zero-order valence-electron chi connectivity index (χ0n) is 17.6. The number of hydrogen-bond donors (Lipinski definition) is 1. The molecule has 0 aromatic heterocycles. The minimum Gasteiger partial charge on any atom is -0.466 e. The third-order valence-corrected chi connectivity index (χ3v) is 6.24. The van der Waals surface area contributed by atoms with Gasteiger partial charge in [-0.2, -0.15) is 0 Å². The normalized spacial score (nSPS) is 20.5. The van der Waals surface area contributed by atoms with Gasteiger partial charge in [0.25, 0.3) is 5.69 Å². The molecule has 2 aliphatic rings. The first-order valence-corrected chi connectivity index (χ1v) is 10.5. The summed E-state index contributed by atoms with van der Waals surface area (Å²) >= 11 is 6.00. The first kappa shape index (κ1) is 21.8. The zero-order valence-corrected chi connectivity index (χ0v) is 18.3. The van der Waals surface area contributed by atoms with E-state index in [4.69, 9.17) is 16.3 Å². The van der Waals surface area contributed by atoms with E-state index in [1.165, 1.54) is 19.2 Å². The molecule has 2 atom stereocenters. The van der Waals surface area contributed by atoms with Gasteiger partial charge in [0.2, 0.25) is 0 Å². The summed E-state index contributed by atoms with van der Waals surface area (Å²) in [5, 5.41) is 15.2. The van der Waals surface area contributed by atoms with Crippen LogP contribution >= 0.6 is 11.6 Å². The van der Waals surface area contributed by atoms with Crippen LogP contribution in [0.4, 0.5) is 5.69 Å². The van der Waals surface area contributed by atoms with Gasteiger partial charge < -0.3 is 10.1 Å². The van der Waals surface area contributed by atoms with E-state index in [9.17, 15) is 19.7 Å². The van der Waals surface area contributed by atoms with Crippen molar-refractivity contribution in [2.75, 3.05) is 7.11 Å². The largest absolute Gasteiger partial charge is 0.466 e. The number of carbonyl (C=O) groups excluding carboxylic acids is 2. The fourth-order valence-corrected chi connectivity index (χ4v) is 4.67. The number of nitrogens with zero attached hydrogens (tertiary/aromatic N) is 1. The van der Waals surface area contributed by atoms with Crippen molar-refractivity contribution in [2.24, 2.45) is 0 Å². The number of nitrogens with one attached hydrogen (secondary N) is 1. The van der Waals surface area contributed by atoms with Crippen LogP contribution in [-0.4, -0.2) is 23.8 Å². The Morgan fingerprint density at radius 1 is 1.16 bits per heavy atom. The van der Waals surface area contributed by atoms with E-state index in [1.54, 1.807) is 31.2 Å². The second kappa shape index (κ2) is 8.59. The minimum absolute atomic E-state index is 0.0377. The number of ether oxygens (including phenoxy) is 1. The Hall–Kier alpha value is -3.45. The molecule has 0 amide bonds. The van der Waals surface area contributed by atoms with Crippen LogP contribution in [0.5, 0.6) is 0 Å². The molecule has 0 bridgehead atoms. The Morgan fingerprint density at radius 2 is 1.88 bits per heavy atom. The van der Waals surface area contributed by atoms with Crippen LogP contribution in [0.1, 0.15) is 42.7 Å². The molecule has 4 rings (SSSR count). The third kappa shape index (κ3) is 3.91. The molecule has 0 radical (unpaired) electrons. The fraction of sp³-hybridized carbons (Fsp3) is 0.250. The molecule has 0 unspecified atom stereocenters. The standard InChI is InChI=1S/C24H21ClN2O5/c1-13-21(24(29)32-2)22(15-4-3-5-18(10-15)27(30)31)23-19(26-13)11-16(12-20(23)28)14-6-8-17(25)9-7-14/h3-10,16,22,26H,11-12H2,1-2H3/t16-,22-/m0/s1. The molecule has 0 saturated carbocycles. The Kier molecular flexibility index (Phi) is 5.84. The number of dihydropyridines is 1. The van der Waals surface area contributed by atoms with Gasteiger partial charge in [0.1, 0.15) is 0 Å². The average molecular weight is 453 g/mol. The van der Waals surface area contributed by atoms with Crippen molar-refractivity contribution in [3.8, 4) is 0 Å². The summed E-state index contributed by atoms with van der Waals surface area (Å²) in [5.41, 5.74) is 3.44. The monoisotopic (exact) mass is 452 g/mol. The van der Waals surface area contributed by atoms with Gasteiger partial charge >= 0.3 is 5.97 Å². The molecule has 164 valence electrons. The molecule has 0 spiro atoms. The van der Waals surface area contributed by atoms with Crippen molar-refractivity contribution in [1.29, 1.82) is 0 Å². The molecule has 32 heavy (non-hydrogen) atoms. The summed E-state index contributed by atoms with van der Waals surface area (Å²) in [7, 11) is 1.27. The molecule has 2 aromatic rings. The second-order valence-corrected chi connectivity index (χ2v) is 8.35. The van der Waals surface area contributed by atoms with E-state index >= 15 is 0 Å². The van der Waals surface area contributed by atoms with Crippen molar-refractivity contribution in [3.63, 3.8) is 0 Å². The number of allylic oxidation sites excluding steroid dienone is 3.